The van der Waals surface area contributed by atoms with Crippen molar-refractivity contribution in [2.75, 3.05) is 13.6 Å². The lowest BCUT2D eigenvalue weighted by Crippen LogP contribution is -2.55. The topological polar surface area (TPSA) is 61.4 Å². The van der Waals surface area contributed by atoms with Crippen molar-refractivity contribution < 1.29 is 9.90 Å². The molecule has 0 saturated carbocycles. The molecule has 0 fully saturated rings. The van der Waals surface area contributed by atoms with Crippen molar-refractivity contribution in [1.82, 2.24) is 10.6 Å². The molecule has 1 amide bonds. The fourth-order valence-corrected chi connectivity index (χ4v) is 4.53. The van der Waals surface area contributed by atoms with Gasteiger partial charge in [-0.05, 0) is 26.3 Å². The Morgan fingerprint density at radius 2 is 0.909 bits per heavy atom. The molecule has 33 heavy (non-hydrogen) atoms. The van der Waals surface area contributed by atoms with Gasteiger partial charge in [-0.25, -0.2) is 0 Å². The summed E-state index contributed by atoms with van der Waals surface area (Å²) in [6.07, 6.45) is 28.8. The van der Waals surface area contributed by atoms with Gasteiger partial charge in [0.05, 0.1) is 0 Å². The van der Waals surface area contributed by atoms with Gasteiger partial charge in [-0.3, -0.25) is 10.1 Å². The average Bonchev–Trinajstić information content (AvgIpc) is 2.82. The third-order valence-electron chi connectivity index (χ3n) is 7.00. The molecule has 0 aromatic carbocycles. The number of aliphatic hydroxyl groups is 1. The second kappa shape index (κ2) is 24.5. The van der Waals surface area contributed by atoms with E-state index in [0.29, 0.717) is 13.0 Å². The van der Waals surface area contributed by atoms with Gasteiger partial charge in [0.15, 0.2) is 5.72 Å². The number of hydrogen-bond donors (Lipinski definition) is 3. The number of unbranched alkanes of at least 4 members (excludes halogenated alkanes) is 20. The van der Waals surface area contributed by atoms with Crippen molar-refractivity contribution >= 4 is 5.91 Å². The van der Waals surface area contributed by atoms with Crippen LogP contribution < -0.4 is 10.6 Å². The first kappa shape index (κ1) is 32.4. The first-order valence-corrected chi connectivity index (χ1v) is 14.8. The number of carbonyl (C=O) groups is 1. The predicted molar refractivity (Wildman–Crippen MR) is 145 cm³/mol. The molecule has 0 bridgehead atoms. The van der Waals surface area contributed by atoms with Crippen molar-refractivity contribution in [2.45, 2.75) is 167 Å². The highest BCUT2D eigenvalue weighted by molar-refractivity contribution is 5.84. The minimum atomic E-state index is -1.42. The lowest BCUT2D eigenvalue weighted by molar-refractivity contribution is -0.143. The minimum absolute atomic E-state index is 0.261. The van der Waals surface area contributed by atoms with E-state index in [1.165, 1.54) is 116 Å². The van der Waals surface area contributed by atoms with Crippen molar-refractivity contribution in [1.29, 1.82) is 0 Å². The zero-order valence-electron chi connectivity index (χ0n) is 22.8. The smallest absolute Gasteiger partial charge is 0.267 e. The number of nitrogens with one attached hydrogen (secondary N) is 2. The summed E-state index contributed by atoms with van der Waals surface area (Å²) in [5.41, 5.74) is -1.42. The van der Waals surface area contributed by atoms with E-state index in [4.69, 9.17) is 0 Å². The molecule has 4 heteroatoms. The molecule has 1 atom stereocenters. The van der Waals surface area contributed by atoms with Gasteiger partial charge < -0.3 is 10.4 Å². The van der Waals surface area contributed by atoms with Gasteiger partial charge >= 0.3 is 0 Å². The Morgan fingerprint density at radius 1 is 0.576 bits per heavy atom. The molecule has 0 heterocycles. The number of rotatable bonds is 26. The highest BCUT2D eigenvalue weighted by Gasteiger charge is 2.32. The fraction of sp³-hybridized carbons (Fsp3) is 0.966. The molecule has 3 N–H and O–H groups in total. The Morgan fingerprint density at radius 3 is 1.27 bits per heavy atom. The molecule has 0 saturated heterocycles. The predicted octanol–water partition coefficient (Wildman–Crippen LogP) is 8.02. The first-order valence-electron chi connectivity index (χ1n) is 14.8. The van der Waals surface area contributed by atoms with Crippen LogP contribution in [0.3, 0.4) is 0 Å². The Hall–Kier alpha value is -0.610. The fourth-order valence-electron chi connectivity index (χ4n) is 4.53. The standard InChI is InChI=1S/C29H60N2O2/c1-4-6-8-10-12-14-15-16-17-18-19-20-22-24-26-29(33,30-3)28(32)31-27-25-23-21-13-11-9-7-5-2/h30,33H,4-27H2,1-3H3,(H,31,32). The molecular formula is C29H60N2O2. The summed E-state index contributed by atoms with van der Waals surface area (Å²) in [7, 11) is 1.68. The monoisotopic (exact) mass is 468 g/mol. The summed E-state index contributed by atoms with van der Waals surface area (Å²) < 4.78 is 0. The van der Waals surface area contributed by atoms with Gasteiger partial charge in [0, 0.05) is 6.54 Å². The number of likely N-dealkylation sites (N-methyl/N-ethyl adjacent to an activating group) is 1. The Balaban J connectivity index is 3.59. The Bertz CT molecular complexity index is 416. The molecule has 0 aliphatic heterocycles. The van der Waals surface area contributed by atoms with E-state index in [-0.39, 0.29) is 5.91 Å². The molecule has 198 valence electrons. The van der Waals surface area contributed by atoms with Gasteiger partial charge in [0.25, 0.3) is 5.91 Å². The van der Waals surface area contributed by atoms with Crippen LogP contribution in [-0.2, 0) is 4.79 Å². The zero-order valence-corrected chi connectivity index (χ0v) is 22.8. The maximum atomic E-state index is 12.4. The molecule has 0 aliphatic rings. The second-order valence-corrected chi connectivity index (χ2v) is 10.2. The quantitative estimate of drug-likeness (QED) is 0.0889. The zero-order chi connectivity index (χ0) is 24.5. The highest BCUT2D eigenvalue weighted by Crippen LogP contribution is 2.16. The largest absolute Gasteiger partial charge is 0.367 e. The van der Waals surface area contributed by atoms with Gasteiger partial charge in [-0.15, -0.1) is 0 Å². The van der Waals surface area contributed by atoms with E-state index in [1.807, 2.05) is 0 Å². The van der Waals surface area contributed by atoms with E-state index < -0.39 is 5.72 Å². The van der Waals surface area contributed by atoms with Crippen LogP contribution >= 0.6 is 0 Å². The molecule has 0 aliphatic carbocycles. The van der Waals surface area contributed by atoms with Crippen molar-refractivity contribution in [3.63, 3.8) is 0 Å². The summed E-state index contributed by atoms with van der Waals surface area (Å²) >= 11 is 0. The molecule has 0 spiro atoms. The summed E-state index contributed by atoms with van der Waals surface area (Å²) in [6.45, 7) is 5.18. The van der Waals surface area contributed by atoms with Crippen LogP contribution in [0.5, 0.6) is 0 Å². The SMILES string of the molecule is CCCCCCCCCCCCCCCCC(O)(NC)C(=O)NCCCCCCCCCC. The lowest BCUT2D eigenvalue weighted by Gasteiger charge is -2.26. The van der Waals surface area contributed by atoms with Crippen LogP contribution in [0.4, 0.5) is 0 Å². The normalized spacial score (nSPS) is 13.2. The maximum absolute atomic E-state index is 12.4. The van der Waals surface area contributed by atoms with Gasteiger partial charge in [0.2, 0.25) is 0 Å². The molecule has 0 radical (unpaired) electrons. The Labute approximate surface area is 207 Å². The number of hydrogen-bond acceptors (Lipinski definition) is 3. The second-order valence-electron chi connectivity index (χ2n) is 10.2. The molecule has 4 nitrogen and oxygen atoms in total. The van der Waals surface area contributed by atoms with Crippen LogP contribution in [-0.4, -0.2) is 30.3 Å². The average molecular weight is 469 g/mol. The summed E-state index contributed by atoms with van der Waals surface area (Å²) in [5.74, 6) is -0.261. The summed E-state index contributed by atoms with van der Waals surface area (Å²) in [5, 5.41) is 16.5. The van der Waals surface area contributed by atoms with Gasteiger partial charge in [-0.2, -0.15) is 0 Å². The van der Waals surface area contributed by atoms with Crippen LogP contribution in [0.1, 0.15) is 162 Å². The van der Waals surface area contributed by atoms with E-state index in [9.17, 15) is 9.90 Å². The van der Waals surface area contributed by atoms with E-state index in [2.05, 4.69) is 24.5 Å². The minimum Gasteiger partial charge on any atom is -0.367 e. The number of carbonyl (C=O) groups excluding carboxylic acids is 1. The Kier molecular flexibility index (Phi) is 24.1. The van der Waals surface area contributed by atoms with Gasteiger partial charge in [0.1, 0.15) is 0 Å². The lowest BCUT2D eigenvalue weighted by atomic mass is 10.0. The van der Waals surface area contributed by atoms with E-state index >= 15 is 0 Å². The van der Waals surface area contributed by atoms with Crippen molar-refractivity contribution in [3.05, 3.63) is 0 Å². The maximum Gasteiger partial charge on any atom is 0.267 e. The number of amides is 1. The third-order valence-corrected chi connectivity index (χ3v) is 7.00. The van der Waals surface area contributed by atoms with E-state index in [1.54, 1.807) is 7.05 Å². The van der Waals surface area contributed by atoms with Crippen molar-refractivity contribution in [3.8, 4) is 0 Å². The van der Waals surface area contributed by atoms with Gasteiger partial charge in [-0.1, -0.05) is 142 Å². The molecule has 0 rings (SSSR count). The molecular weight excluding hydrogens is 408 g/mol. The van der Waals surface area contributed by atoms with E-state index in [0.717, 1.165) is 25.7 Å². The van der Waals surface area contributed by atoms with Crippen LogP contribution in [0, 0.1) is 0 Å². The summed E-state index contributed by atoms with van der Waals surface area (Å²) in [4.78, 5) is 12.4. The highest BCUT2D eigenvalue weighted by atomic mass is 16.3. The van der Waals surface area contributed by atoms with Crippen LogP contribution in [0.25, 0.3) is 0 Å². The molecule has 0 aromatic heterocycles. The van der Waals surface area contributed by atoms with Crippen LogP contribution in [0.2, 0.25) is 0 Å². The first-order chi connectivity index (χ1) is 16.1. The molecule has 1 unspecified atom stereocenters. The van der Waals surface area contributed by atoms with Crippen molar-refractivity contribution in [2.24, 2.45) is 0 Å². The third kappa shape index (κ3) is 20.5. The summed E-state index contributed by atoms with van der Waals surface area (Å²) in [6, 6.07) is 0. The molecule has 0 aromatic rings. The van der Waals surface area contributed by atoms with Crippen LogP contribution in [0.15, 0.2) is 0 Å².